The van der Waals surface area contributed by atoms with Crippen LogP contribution in [0.15, 0.2) is 24.3 Å². The van der Waals surface area contributed by atoms with E-state index in [2.05, 4.69) is 12.2 Å². The summed E-state index contributed by atoms with van der Waals surface area (Å²) in [4.78, 5) is 10.3. The molecule has 0 amide bonds. The highest BCUT2D eigenvalue weighted by molar-refractivity contribution is 5.39. The van der Waals surface area contributed by atoms with Gasteiger partial charge in [0, 0.05) is 18.2 Å². The average Bonchev–Trinajstić information content (AvgIpc) is 2.19. The molecular weight excluding hydrogens is 180 g/mol. The molecule has 0 aliphatic rings. The maximum absolute atomic E-state index is 10.6. The highest BCUT2D eigenvalue weighted by atomic mass is 16.6. The zero-order valence-corrected chi connectivity index (χ0v) is 8.19. The molecule has 4 heteroatoms. The summed E-state index contributed by atoms with van der Waals surface area (Å²) in [7, 11) is 0. The van der Waals surface area contributed by atoms with Crippen LogP contribution in [0, 0.1) is 10.1 Å². The zero-order valence-electron chi connectivity index (χ0n) is 8.19. The van der Waals surface area contributed by atoms with Crippen molar-refractivity contribution in [3.63, 3.8) is 0 Å². The van der Waals surface area contributed by atoms with Crippen LogP contribution in [0.4, 0.5) is 5.69 Å². The lowest BCUT2D eigenvalue weighted by Crippen LogP contribution is -2.14. The van der Waals surface area contributed by atoms with E-state index >= 15 is 0 Å². The van der Waals surface area contributed by atoms with E-state index in [0.29, 0.717) is 6.54 Å². The van der Waals surface area contributed by atoms with E-state index in [9.17, 15) is 10.1 Å². The van der Waals surface area contributed by atoms with Crippen molar-refractivity contribution in [3.05, 3.63) is 39.9 Å². The Hall–Kier alpha value is -1.42. The average molecular weight is 194 g/mol. The minimum atomic E-state index is -0.344. The SMILES string of the molecule is CCCNCc1ccccc1[N+](=O)[O-]. The number of hydrogen-bond acceptors (Lipinski definition) is 3. The van der Waals surface area contributed by atoms with E-state index in [1.165, 1.54) is 6.07 Å². The van der Waals surface area contributed by atoms with Crippen LogP contribution in [0.1, 0.15) is 18.9 Å². The predicted molar refractivity (Wildman–Crippen MR) is 55.1 cm³/mol. The molecule has 0 unspecified atom stereocenters. The molecule has 0 atom stereocenters. The van der Waals surface area contributed by atoms with Crippen LogP contribution >= 0.6 is 0 Å². The van der Waals surface area contributed by atoms with Crippen molar-refractivity contribution in [2.24, 2.45) is 0 Å². The molecule has 76 valence electrons. The standard InChI is InChI=1S/C10H14N2O2/c1-2-7-11-8-9-5-3-4-6-10(9)12(13)14/h3-6,11H,2,7-8H2,1H3. The molecule has 0 aromatic heterocycles. The van der Waals surface area contributed by atoms with Crippen molar-refractivity contribution < 1.29 is 4.92 Å². The topological polar surface area (TPSA) is 55.2 Å². The van der Waals surface area contributed by atoms with E-state index in [0.717, 1.165) is 18.5 Å². The third-order valence-corrected chi connectivity index (χ3v) is 1.93. The lowest BCUT2D eigenvalue weighted by atomic mass is 10.2. The van der Waals surface area contributed by atoms with Gasteiger partial charge in [-0.1, -0.05) is 25.1 Å². The number of hydrogen-bond donors (Lipinski definition) is 1. The minimum absolute atomic E-state index is 0.191. The minimum Gasteiger partial charge on any atom is -0.312 e. The Kier molecular flexibility index (Phi) is 4.07. The Bertz CT molecular complexity index is 313. The first-order valence-corrected chi connectivity index (χ1v) is 4.68. The van der Waals surface area contributed by atoms with Crippen LogP contribution in [0.2, 0.25) is 0 Å². The second kappa shape index (κ2) is 5.34. The molecule has 1 N–H and O–H groups in total. The first-order valence-electron chi connectivity index (χ1n) is 4.68. The molecule has 0 radical (unpaired) electrons. The smallest absolute Gasteiger partial charge is 0.273 e. The Labute approximate surface area is 83.1 Å². The van der Waals surface area contributed by atoms with Gasteiger partial charge in [0.05, 0.1) is 4.92 Å². The summed E-state index contributed by atoms with van der Waals surface area (Å²) in [5.41, 5.74) is 0.932. The largest absolute Gasteiger partial charge is 0.312 e. The third-order valence-electron chi connectivity index (χ3n) is 1.93. The van der Waals surface area contributed by atoms with Gasteiger partial charge in [0.1, 0.15) is 0 Å². The molecule has 0 spiro atoms. The summed E-state index contributed by atoms with van der Waals surface area (Å²) in [5.74, 6) is 0. The summed E-state index contributed by atoms with van der Waals surface area (Å²) in [6.07, 6.45) is 1.03. The maximum atomic E-state index is 10.6. The fourth-order valence-electron chi connectivity index (χ4n) is 1.24. The number of para-hydroxylation sites is 1. The monoisotopic (exact) mass is 194 g/mol. The van der Waals surface area contributed by atoms with E-state index < -0.39 is 0 Å². The van der Waals surface area contributed by atoms with Gasteiger partial charge in [-0.15, -0.1) is 0 Å². The summed E-state index contributed by atoms with van der Waals surface area (Å²) in [6, 6.07) is 6.81. The molecule has 1 aromatic rings. The number of rotatable bonds is 5. The zero-order chi connectivity index (χ0) is 10.4. The number of nitro benzene ring substituents is 1. The maximum Gasteiger partial charge on any atom is 0.273 e. The second-order valence-electron chi connectivity index (χ2n) is 3.06. The molecule has 0 fully saturated rings. The van der Waals surface area contributed by atoms with Crippen molar-refractivity contribution in [3.8, 4) is 0 Å². The van der Waals surface area contributed by atoms with Gasteiger partial charge in [-0.2, -0.15) is 0 Å². The van der Waals surface area contributed by atoms with Crippen LogP contribution < -0.4 is 5.32 Å². The first kappa shape index (κ1) is 10.7. The van der Waals surface area contributed by atoms with Gasteiger partial charge in [-0.25, -0.2) is 0 Å². The van der Waals surface area contributed by atoms with Gasteiger partial charge in [-0.3, -0.25) is 10.1 Å². The van der Waals surface area contributed by atoms with Gasteiger partial charge < -0.3 is 5.32 Å². The Balaban J connectivity index is 2.69. The van der Waals surface area contributed by atoms with E-state index in [-0.39, 0.29) is 10.6 Å². The van der Waals surface area contributed by atoms with E-state index in [1.54, 1.807) is 12.1 Å². The summed E-state index contributed by atoms with van der Waals surface area (Å²) in [5, 5.41) is 13.8. The normalized spacial score (nSPS) is 10.1. The van der Waals surface area contributed by atoms with Crippen LogP contribution in [0.5, 0.6) is 0 Å². The summed E-state index contributed by atoms with van der Waals surface area (Å²) >= 11 is 0. The lowest BCUT2D eigenvalue weighted by Gasteiger charge is -2.03. The van der Waals surface area contributed by atoms with Gasteiger partial charge >= 0.3 is 0 Å². The van der Waals surface area contributed by atoms with Crippen molar-refractivity contribution in [1.29, 1.82) is 0 Å². The highest BCUT2D eigenvalue weighted by Crippen LogP contribution is 2.16. The number of nitrogens with one attached hydrogen (secondary N) is 1. The Morgan fingerprint density at radius 1 is 1.43 bits per heavy atom. The molecule has 0 saturated carbocycles. The molecule has 0 aliphatic carbocycles. The second-order valence-corrected chi connectivity index (χ2v) is 3.06. The highest BCUT2D eigenvalue weighted by Gasteiger charge is 2.10. The molecule has 0 aliphatic heterocycles. The molecule has 1 rings (SSSR count). The van der Waals surface area contributed by atoms with E-state index in [4.69, 9.17) is 0 Å². The molecule has 14 heavy (non-hydrogen) atoms. The van der Waals surface area contributed by atoms with Crippen LogP contribution in [-0.2, 0) is 6.54 Å². The summed E-state index contributed by atoms with van der Waals surface area (Å²) < 4.78 is 0. The summed E-state index contributed by atoms with van der Waals surface area (Å²) in [6.45, 7) is 3.50. The van der Waals surface area contributed by atoms with Crippen molar-refractivity contribution in [1.82, 2.24) is 5.32 Å². The predicted octanol–water partition coefficient (Wildman–Crippen LogP) is 2.09. The molecule has 0 heterocycles. The van der Waals surface area contributed by atoms with Gasteiger partial charge in [-0.05, 0) is 13.0 Å². The van der Waals surface area contributed by atoms with Crippen molar-refractivity contribution in [2.45, 2.75) is 19.9 Å². The Morgan fingerprint density at radius 3 is 2.79 bits per heavy atom. The number of benzene rings is 1. The molecule has 0 bridgehead atoms. The van der Waals surface area contributed by atoms with Crippen molar-refractivity contribution >= 4 is 5.69 Å². The van der Waals surface area contributed by atoms with Gasteiger partial charge in [0.15, 0.2) is 0 Å². The molecule has 1 aromatic carbocycles. The van der Waals surface area contributed by atoms with Gasteiger partial charge in [0.2, 0.25) is 0 Å². The van der Waals surface area contributed by atoms with E-state index in [1.807, 2.05) is 6.07 Å². The first-order chi connectivity index (χ1) is 6.75. The number of nitrogens with zero attached hydrogens (tertiary/aromatic N) is 1. The fraction of sp³-hybridized carbons (Fsp3) is 0.400. The molecule has 0 saturated heterocycles. The Morgan fingerprint density at radius 2 is 2.14 bits per heavy atom. The van der Waals surface area contributed by atoms with Gasteiger partial charge in [0.25, 0.3) is 5.69 Å². The molecule has 4 nitrogen and oxygen atoms in total. The quantitative estimate of drug-likeness (QED) is 0.443. The molecular formula is C10H14N2O2. The third kappa shape index (κ3) is 2.81. The lowest BCUT2D eigenvalue weighted by molar-refractivity contribution is -0.385. The van der Waals surface area contributed by atoms with Crippen molar-refractivity contribution in [2.75, 3.05) is 6.54 Å². The number of nitro groups is 1. The van der Waals surface area contributed by atoms with Crippen LogP contribution in [0.25, 0.3) is 0 Å². The fourth-order valence-corrected chi connectivity index (χ4v) is 1.24. The van der Waals surface area contributed by atoms with Crippen LogP contribution in [-0.4, -0.2) is 11.5 Å². The van der Waals surface area contributed by atoms with Crippen LogP contribution in [0.3, 0.4) is 0 Å².